The van der Waals surface area contributed by atoms with Gasteiger partial charge >= 0.3 is 5.97 Å². The maximum atomic E-state index is 11.4. The van der Waals surface area contributed by atoms with Gasteiger partial charge < -0.3 is 5.11 Å². The number of aliphatic carboxylic acids is 1. The molecule has 0 fully saturated rings. The van der Waals surface area contributed by atoms with Crippen LogP contribution >= 0.6 is 11.3 Å². The van der Waals surface area contributed by atoms with E-state index in [1.807, 2.05) is 16.3 Å². The molecule has 0 saturated heterocycles. The molecule has 0 saturated carbocycles. The second kappa shape index (κ2) is 5.98. The Kier molecular flexibility index (Phi) is 4.34. The van der Waals surface area contributed by atoms with Crippen LogP contribution in [0.4, 0.5) is 0 Å². The molecule has 2 rings (SSSR count). The molecule has 2 heterocycles. The lowest BCUT2D eigenvalue weighted by Crippen LogP contribution is -2.39. The zero-order valence-corrected chi connectivity index (χ0v) is 10.9. The SMILES string of the molecule is N#CCCCCN1CCc2sccc2C1C(=O)O. The molecule has 1 aromatic rings. The first-order chi connectivity index (χ1) is 8.74. The molecular formula is C13H16N2O2S. The summed E-state index contributed by atoms with van der Waals surface area (Å²) in [5, 5.41) is 19.8. The fourth-order valence-corrected chi connectivity index (χ4v) is 3.32. The van der Waals surface area contributed by atoms with E-state index in [-0.39, 0.29) is 0 Å². The molecule has 0 bridgehead atoms. The van der Waals surface area contributed by atoms with E-state index in [1.165, 1.54) is 4.88 Å². The molecule has 5 heteroatoms. The smallest absolute Gasteiger partial charge is 0.325 e. The molecule has 0 amide bonds. The Morgan fingerprint density at radius 1 is 1.61 bits per heavy atom. The van der Waals surface area contributed by atoms with Crippen LogP contribution in [0.25, 0.3) is 0 Å². The Hall–Kier alpha value is -1.38. The van der Waals surface area contributed by atoms with E-state index in [0.717, 1.165) is 37.9 Å². The minimum Gasteiger partial charge on any atom is -0.480 e. The van der Waals surface area contributed by atoms with Crippen molar-refractivity contribution in [3.63, 3.8) is 0 Å². The van der Waals surface area contributed by atoms with Crippen LogP contribution in [-0.2, 0) is 11.2 Å². The third kappa shape index (κ3) is 2.71. The molecule has 1 aliphatic heterocycles. The molecule has 1 N–H and O–H groups in total. The lowest BCUT2D eigenvalue weighted by molar-refractivity contribution is -0.144. The molecule has 0 spiro atoms. The Labute approximate surface area is 110 Å². The van der Waals surface area contributed by atoms with Crippen molar-refractivity contribution in [1.29, 1.82) is 5.26 Å². The van der Waals surface area contributed by atoms with Crippen LogP contribution in [-0.4, -0.2) is 29.1 Å². The monoisotopic (exact) mass is 264 g/mol. The van der Waals surface area contributed by atoms with E-state index < -0.39 is 12.0 Å². The van der Waals surface area contributed by atoms with Crippen molar-refractivity contribution in [3.05, 3.63) is 21.9 Å². The second-order valence-electron chi connectivity index (χ2n) is 4.44. The van der Waals surface area contributed by atoms with Crippen molar-refractivity contribution >= 4 is 17.3 Å². The number of nitriles is 1. The van der Waals surface area contributed by atoms with Crippen LogP contribution in [0.2, 0.25) is 0 Å². The Bertz CT molecular complexity index is 464. The molecule has 0 aromatic carbocycles. The first-order valence-corrected chi connectivity index (χ1v) is 7.02. The summed E-state index contributed by atoms with van der Waals surface area (Å²) in [6.45, 7) is 1.56. The van der Waals surface area contributed by atoms with Gasteiger partial charge in [-0.15, -0.1) is 11.3 Å². The quantitative estimate of drug-likeness (QED) is 0.830. The summed E-state index contributed by atoms with van der Waals surface area (Å²) in [6, 6.07) is 3.55. The van der Waals surface area contributed by atoms with Gasteiger partial charge in [-0.25, -0.2) is 0 Å². The number of fused-ring (bicyclic) bond motifs is 1. The number of thiophene rings is 1. The fraction of sp³-hybridized carbons (Fsp3) is 0.538. The molecule has 1 aromatic heterocycles. The van der Waals surface area contributed by atoms with Crippen LogP contribution in [0, 0.1) is 11.3 Å². The first kappa shape index (κ1) is 13.1. The average Bonchev–Trinajstić information content (AvgIpc) is 2.81. The van der Waals surface area contributed by atoms with Gasteiger partial charge in [0.1, 0.15) is 6.04 Å². The summed E-state index contributed by atoms with van der Waals surface area (Å²) in [7, 11) is 0. The highest BCUT2D eigenvalue weighted by Gasteiger charge is 2.33. The van der Waals surface area contributed by atoms with Crippen molar-refractivity contribution in [2.24, 2.45) is 0 Å². The summed E-state index contributed by atoms with van der Waals surface area (Å²) >= 11 is 1.65. The van der Waals surface area contributed by atoms with Crippen molar-refractivity contribution < 1.29 is 9.90 Å². The Morgan fingerprint density at radius 3 is 3.17 bits per heavy atom. The molecule has 1 aliphatic rings. The molecule has 18 heavy (non-hydrogen) atoms. The number of carbonyl (C=O) groups is 1. The largest absolute Gasteiger partial charge is 0.480 e. The summed E-state index contributed by atoms with van der Waals surface area (Å²) in [5.41, 5.74) is 0.957. The van der Waals surface area contributed by atoms with Gasteiger partial charge in [0.2, 0.25) is 0 Å². The molecule has 4 nitrogen and oxygen atoms in total. The molecular weight excluding hydrogens is 248 g/mol. The minimum absolute atomic E-state index is 0.498. The van der Waals surface area contributed by atoms with Gasteiger partial charge in [0.05, 0.1) is 6.07 Å². The van der Waals surface area contributed by atoms with Crippen LogP contribution in [0.3, 0.4) is 0 Å². The van der Waals surface area contributed by atoms with E-state index in [1.54, 1.807) is 11.3 Å². The highest BCUT2D eigenvalue weighted by Crippen LogP contribution is 2.33. The predicted octanol–water partition coefficient (Wildman–Crippen LogP) is 2.43. The zero-order valence-electron chi connectivity index (χ0n) is 10.1. The standard InChI is InChI=1S/C13H16N2O2S/c14-6-2-1-3-7-15-8-4-11-10(5-9-18-11)12(15)13(16)17/h5,9,12H,1-4,7-8H2,(H,16,17). The summed E-state index contributed by atoms with van der Waals surface area (Å²) in [6.07, 6.45) is 3.22. The van der Waals surface area contributed by atoms with Crippen molar-refractivity contribution in [3.8, 4) is 6.07 Å². The maximum Gasteiger partial charge on any atom is 0.325 e. The van der Waals surface area contributed by atoms with Crippen molar-refractivity contribution in [2.45, 2.75) is 31.7 Å². The Balaban J connectivity index is 2.03. The fourth-order valence-electron chi connectivity index (χ4n) is 2.42. The lowest BCUT2D eigenvalue weighted by atomic mass is 9.99. The van der Waals surface area contributed by atoms with E-state index in [4.69, 9.17) is 5.26 Å². The number of unbranched alkanes of at least 4 members (excludes halogenated alkanes) is 2. The van der Waals surface area contributed by atoms with Gasteiger partial charge in [-0.3, -0.25) is 9.69 Å². The highest BCUT2D eigenvalue weighted by molar-refractivity contribution is 7.10. The summed E-state index contributed by atoms with van der Waals surface area (Å²) < 4.78 is 0. The topological polar surface area (TPSA) is 64.3 Å². The van der Waals surface area contributed by atoms with Crippen molar-refractivity contribution in [2.75, 3.05) is 13.1 Å². The predicted molar refractivity (Wildman–Crippen MR) is 69.4 cm³/mol. The lowest BCUT2D eigenvalue weighted by Gasteiger charge is -2.33. The number of hydrogen-bond donors (Lipinski definition) is 1. The molecule has 1 atom stereocenters. The third-order valence-corrected chi connectivity index (χ3v) is 4.28. The summed E-state index contributed by atoms with van der Waals surface area (Å²) in [5.74, 6) is -0.769. The second-order valence-corrected chi connectivity index (χ2v) is 5.44. The van der Waals surface area contributed by atoms with Crippen molar-refractivity contribution in [1.82, 2.24) is 4.90 Å². The van der Waals surface area contributed by atoms with Gasteiger partial charge in [0.25, 0.3) is 0 Å². The van der Waals surface area contributed by atoms with Crippen LogP contribution in [0.5, 0.6) is 0 Å². The van der Waals surface area contributed by atoms with Crippen LogP contribution in [0.1, 0.15) is 35.7 Å². The van der Waals surface area contributed by atoms with Gasteiger partial charge in [-0.2, -0.15) is 5.26 Å². The van der Waals surface area contributed by atoms with Crippen LogP contribution in [0.15, 0.2) is 11.4 Å². The zero-order chi connectivity index (χ0) is 13.0. The van der Waals surface area contributed by atoms with Gasteiger partial charge in [-0.1, -0.05) is 0 Å². The molecule has 0 radical (unpaired) electrons. The average molecular weight is 264 g/mol. The number of rotatable bonds is 5. The molecule has 0 aliphatic carbocycles. The van der Waals surface area contributed by atoms with E-state index >= 15 is 0 Å². The normalized spacial score (nSPS) is 19.2. The minimum atomic E-state index is -0.769. The van der Waals surface area contributed by atoms with Gasteiger partial charge in [0, 0.05) is 17.8 Å². The molecule has 1 unspecified atom stereocenters. The third-order valence-electron chi connectivity index (χ3n) is 3.28. The van der Waals surface area contributed by atoms with Gasteiger partial charge in [0.15, 0.2) is 0 Å². The number of carboxylic acids is 1. The van der Waals surface area contributed by atoms with E-state index in [2.05, 4.69) is 6.07 Å². The first-order valence-electron chi connectivity index (χ1n) is 6.14. The highest BCUT2D eigenvalue weighted by atomic mass is 32.1. The van der Waals surface area contributed by atoms with E-state index in [9.17, 15) is 9.90 Å². The molecule has 96 valence electrons. The van der Waals surface area contributed by atoms with Crippen LogP contribution < -0.4 is 0 Å². The number of nitrogens with zero attached hydrogens (tertiary/aromatic N) is 2. The number of hydrogen-bond acceptors (Lipinski definition) is 4. The summed E-state index contributed by atoms with van der Waals surface area (Å²) in [4.78, 5) is 14.7. The van der Waals surface area contributed by atoms with Gasteiger partial charge in [-0.05, 0) is 42.8 Å². The number of carboxylic acid groups (broad SMARTS) is 1. The Morgan fingerprint density at radius 2 is 2.44 bits per heavy atom. The maximum absolute atomic E-state index is 11.4. The van der Waals surface area contributed by atoms with E-state index in [0.29, 0.717) is 6.42 Å².